The molecule has 1 fully saturated rings. The average Bonchev–Trinajstić information content (AvgIpc) is 2.76. The zero-order valence-corrected chi connectivity index (χ0v) is 18.2. The molecular formula is C21H28N4O4S. The number of morpholine rings is 1. The van der Waals surface area contributed by atoms with E-state index in [9.17, 15) is 13.2 Å². The van der Waals surface area contributed by atoms with Crippen LogP contribution in [0.1, 0.15) is 35.8 Å². The lowest BCUT2D eigenvalue weighted by Crippen LogP contribution is -2.40. The number of unbranched alkanes of at least 4 members (excludes halogenated alkanes) is 1. The van der Waals surface area contributed by atoms with Gasteiger partial charge >= 0.3 is 0 Å². The number of benzene rings is 1. The third-order valence-electron chi connectivity index (χ3n) is 4.87. The van der Waals surface area contributed by atoms with Crippen molar-refractivity contribution in [3.05, 3.63) is 47.8 Å². The summed E-state index contributed by atoms with van der Waals surface area (Å²) in [6.07, 6.45) is 3.49. The molecule has 8 nitrogen and oxygen atoms in total. The molecule has 1 aliphatic heterocycles. The Bertz CT molecular complexity index is 971. The van der Waals surface area contributed by atoms with Gasteiger partial charge in [-0.15, -0.1) is 0 Å². The summed E-state index contributed by atoms with van der Waals surface area (Å²) in [5, 5.41) is 6.12. The Kier molecular flexibility index (Phi) is 7.41. The summed E-state index contributed by atoms with van der Waals surface area (Å²) < 4.78 is 32.7. The normalized spacial score (nSPS) is 15.0. The van der Waals surface area contributed by atoms with Crippen LogP contribution in [0.4, 0.5) is 11.4 Å². The fraction of sp³-hybridized carbons (Fsp3) is 0.429. The molecule has 0 aliphatic carbocycles. The largest absolute Gasteiger partial charge is 0.383 e. The first-order valence-corrected chi connectivity index (χ1v) is 11.6. The van der Waals surface area contributed by atoms with Gasteiger partial charge in [-0.1, -0.05) is 13.3 Å². The predicted octanol–water partition coefficient (Wildman–Crippen LogP) is 2.88. The molecule has 1 aromatic carbocycles. The van der Waals surface area contributed by atoms with Crippen molar-refractivity contribution < 1.29 is 17.9 Å². The minimum absolute atomic E-state index is 0.141. The van der Waals surface area contributed by atoms with E-state index in [1.807, 2.05) is 6.92 Å². The number of ether oxygens (including phenoxy) is 1. The number of pyridine rings is 1. The maximum absolute atomic E-state index is 13.0. The molecule has 2 heterocycles. The molecule has 0 bridgehead atoms. The van der Waals surface area contributed by atoms with Gasteiger partial charge in [0.2, 0.25) is 10.0 Å². The molecule has 1 amide bonds. The average molecular weight is 433 g/mol. The molecule has 1 aromatic heterocycles. The van der Waals surface area contributed by atoms with Crippen LogP contribution in [0.5, 0.6) is 0 Å². The van der Waals surface area contributed by atoms with Gasteiger partial charge in [0.1, 0.15) is 0 Å². The van der Waals surface area contributed by atoms with Gasteiger partial charge in [0, 0.05) is 31.5 Å². The summed E-state index contributed by atoms with van der Waals surface area (Å²) in [6.45, 7) is 6.04. The maximum atomic E-state index is 13.0. The number of carbonyl (C=O) groups is 1. The van der Waals surface area contributed by atoms with Crippen molar-refractivity contribution in [2.45, 2.75) is 31.6 Å². The van der Waals surface area contributed by atoms with Crippen molar-refractivity contribution in [2.75, 3.05) is 43.5 Å². The van der Waals surface area contributed by atoms with E-state index in [0.717, 1.165) is 25.1 Å². The monoisotopic (exact) mass is 432 g/mol. The minimum Gasteiger partial charge on any atom is -0.383 e. The van der Waals surface area contributed by atoms with E-state index in [1.54, 1.807) is 24.3 Å². The zero-order valence-electron chi connectivity index (χ0n) is 17.3. The number of rotatable bonds is 8. The second-order valence-electron chi connectivity index (χ2n) is 7.15. The number of nitrogens with one attached hydrogen (secondary N) is 2. The molecule has 0 saturated carbocycles. The van der Waals surface area contributed by atoms with Crippen molar-refractivity contribution in [3.63, 3.8) is 0 Å². The summed E-state index contributed by atoms with van der Waals surface area (Å²) in [6, 6.07) is 8.23. The van der Waals surface area contributed by atoms with Gasteiger partial charge in [0.15, 0.2) is 0 Å². The fourth-order valence-electron chi connectivity index (χ4n) is 3.07. The number of hydrogen-bond acceptors (Lipinski definition) is 6. The molecule has 0 atom stereocenters. The van der Waals surface area contributed by atoms with Crippen LogP contribution < -0.4 is 10.6 Å². The van der Waals surface area contributed by atoms with Crippen LogP contribution >= 0.6 is 0 Å². The van der Waals surface area contributed by atoms with Crippen molar-refractivity contribution >= 4 is 27.3 Å². The van der Waals surface area contributed by atoms with Gasteiger partial charge in [0.25, 0.3) is 5.91 Å². The molecule has 1 saturated heterocycles. The van der Waals surface area contributed by atoms with Gasteiger partial charge in [-0.05, 0) is 43.7 Å². The first kappa shape index (κ1) is 22.2. The number of sulfonamides is 1. The van der Waals surface area contributed by atoms with E-state index in [1.165, 1.54) is 16.6 Å². The molecule has 1 aliphatic rings. The number of aryl methyl sites for hydroxylation is 1. The smallest absolute Gasteiger partial charge is 0.257 e. The van der Waals surface area contributed by atoms with E-state index in [2.05, 4.69) is 22.5 Å². The Morgan fingerprint density at radius 3 is 2.60 bits per heavy atom. The molecule has 9 heteroatoms. The Balaban J connectivity index is 1.89. The molecule has 2 N–H and O–H groups in total. The SMILES string of the molecule is CCCCNc1ccc(S(=O)(=O)N2CCOCC2)cc1NC(=O)c1ccc(C)nc1. The molecule has 30 heavy (non-hydrogen) atoms. The van der Waals surface area contributed by atoms with Crippen LogP contribution in [0.2, 0.25) is 0 Å². The molecule has 0 unspecified atom stereocenters. The van der Waals surface area contributed by atoms with E-state index < -0.39 is 10.0 Å². The third-order valence-corrected chi connectivity index (χ3v) is 6.76. The van der Waals surface area contributed by atoms with Gasteiger partial charge in [-0.2, -0.15) is 4.31 Å². The van der Waals surface area contributed by atoms with Gasteiger partial charge in [-0.3, -0.25) is 9.78 Å². The Labute approximate surface area is 177 Å². The van der Waals surface area contributed by atoms with Crippen LogP contribution in [0.15, 0.2) is 41.4 Å². The van der Waals surface area contributed by atoms with E-state index in [0.29, 0.717) is 43.2 Å². The molecular weight excluding hydrogens is 404 g/mol. The van der Waals surface area contributed by atoms with Crippen molar-refractivity contribution in [2.24, 2.45) is 0 Å². The third kappa shape index (κ3) is 5.35. The summed E-state index contributed by atoms with van der Waals surface area (Å²) in [5.41, 5.74) is 2.32. The highest BCUT2D eigenvalue weighted by molar-refractivity contribution is 7.89. The van der Waals surface area contributed by atoms with E-state index in [-0.39, 0.29) is 10.8 Å². The standard InChI is InChI=1S/C21H28N4O4S/c1-3-4-9-22-19-8-7-18(30(27,28)25-10-12-29-13-11-25)14-20(19)24-21(26)17-6-5-16(2)23-15-17/h5-8,14-15,22H,3-4,9-13H2,1-2H3,(H,24,26). The van der Waals surface area contributed by atoms with Crippen LogP contribution in [0.3, 0.4) is 0 Å². The maximum Gasteiger partial charge on any atom is 0.257 e. The molecule has 0 radical (unpaired) electrons. The fourth-order valence-corrected chi connectivity index (χ4v) is 4.51. The Morgan fingerprint density at radius 1 is 1.17 bits per heavy atom. The first-order chi connectivity index (χ1) is 14.4. The number of anilines is 2. The lowest BCUT2D eigenvalue weighted by molar-refractivity contribution is 0.0730. The van der Waals surface area contributed by atoms with E-state index in [4.69, 9.17) is 4.74 Å². The predicted molar refractivity (Wildman–Crippen MR) is 116 cm³/mol. The number of aromatic nitrogens is 1. The van der Waals surface area contributed by atoms with Crippen LogP contribution in [0.25, 0.3) is 0 Å². The summed E-state index contributed by atoms with van der Waals surface area (Å²) in [5.74, 6) is -0.345. The molecule has 0 spiro atoms. The number of carbonyl (C=O) groups excluding carboxylic acids is 1. The van der Waals surface area contributed by atoms with Crippen molar-refractivity contribution in [1.82, 2.24) is 9.29 Å². The second-order valence-corrected chi connectivity index (χ2v) is 9.08. The lowest BCUT2D eigenvalue weighted by Gasteiger charge is -2.26. The highest BCUT2D eigenvalue weighted by atomic mass is 32.2. The van der Waals surface area contributed by atoms with Crippen LogP contribution in [-0.4, -0.2) is 56.5 Å². The van der Waals surface area contributed by atoms with Crippen molar-refractivity contribution in [3.8, 4) is 0 Å². The highest BCUT2D eigenvalue weighted by Crippen LogP contribution is 2.28. The zero-order chi connectivity index (χ0) is 21.6. The number of hydrogen-bond donors (Lipinski definition) is 2. The Morgan fingerprint density at radius 2 is 1.93 bits per heavy atom. The number of amides is 1. The lowest BCUT2D eigenvalue weighted by atomic mass is 10.2. The molecule has 162 valence electrons. The van der Waals surface area contributed by atoms with Gasteiger partial charge in [-0.25, -0.2) is 8.42 Å². The van der Waals surface area contributed by atoms with Crippen LogP contribution in [0, 0.1) is 6.92 Å². The summed E-state index contributed by atoms with van der Waals surface area (Å²) in [4.78, 5) is 17.0. The van der Waals surface area contributed by atoms with Gasteiger partial charge in [0.05, 0.1) is 35.0 Å². The second kappa shape index (κ2) is 10.0. The molecule has 2 aromatic rings. The Hall–Kier alpha value is -2.49. The highest BCUT2D eigenvalue weighted by Gasteiger charge is 2.27. The van der Waals surface area contributed by atoms with E-state index >= 15 is 0 Å². The molecule has 3 rings (SSSR count). The summed E-state index contributed by atoms with van der Waals surface area (Å²) >= 11 is 0. The number of nitrogens with zero attached hydrogens (tertiary/aromatic N) is 2. The quantitative estimate of drug-likeness (QED) is 0.622. The van der Waals surface area contributed by atoms with Crippen LogP contribution in [-0.2, 0) is 14.8 Å². The summed E-state index contributed by atoms with van der Waals surface area (Å²) in [7, 11) is -3.67. The topological polar surface area (TPSA) is 101 Å². The van der Waals surface area contributed by atoms with Crippen molar-refractivity contribution in [1.29, 1.82) is 0 Å². The first-order valence-electron chi connectivity index (χ1n) is 10.1. The van der Waals surface area contributed by atoms with Gasteiger partial charge < -0.3 is 15.4 Å². The minimum atomic E-state index is -3.67.